The van der Waals surface area contributed by atoms with Crippen LogP contribution in [-0.2, 0) is 17.6 Å². The first kappa shape index (κ1) is 18.1. The van der Waals surface area contributed by atoms with Crippen LogP contribution in [0.25, 0.3) is 16.6 Å². The molecule has 4 rings (SSSR count). The second-order valence-corrected chi connectivity index (χ2v) is 6.83. The first-order valence-corrected chi connectivity index (χ1v) is 9.63. The lowest BCUT2D eigenvalue weighted by molar-refractivity contribution is 0.0912. The maximum atomic E-state index is 12.2. The molecule has 1 aliphatic carbocycles. The molecule has 28 heavy (non-hydrogen) atoms. The Morgan fingerprint density at radius 2 is 1.75 bits per heavy atom. The molecule has 0 bridgehead atoms. The van der Waals surface area contributed by atoms with Crippen molar-refractivity contribution in [2.24, 2.45) is 0 Å². The number of aryl methyl sites for hydroxylation is 1. The number of hydrogen-bond acceptors (Lipinski definition) is 3. The largest absolute Gasteiger partial charge is 0.449 e. The van der Waals surface area contributed by atoms with Gasteiger partial charge in [-0.1, -0.05) is 18.2 Å². The number of carbonyl (C=O) groups is 2. The molecule has 1 aromatic heterocycles. The zero-order valence-corrected chi connectivity index (χ0v) is 15.8. The first-order chi connectivity index (χ1) is 13.7. The molecular formula is C22H23N3O3. The van der Waals surface area contributed by atoms with Gasteiger partial charge in [0.25, 0.3) is 5.91 Å². The van der Waals surface area contributed by atoms with E-state index in [1.165, 1.54) is 35.0 Å². The van der Waals surface area contributed by atoms with Crippen LogP contribution in [0.2, 0.25) is 0 Å². The van der Waals surface area contributed by atoms with Gasteiger partial charge in [-0.25, -0.2) is 10.2 Å². The van der Waals surface area contributed by atoms with Crippen molar-refractivity contribution in [2.45, 2.75) is 32.6 Å². The number of para-hydroxylation sites is 1. The Morgan fingerprint density at radius 3 is 2.54 bits per heavy atom. The van der Waals surface area contributed by atoms with Gasteiger partial charge >= 0.3 is 6.09 Å². The lowest BCUT2D eigenvalue weighted by atomic mass is 9.95. The lowest BCUT2D eigenvalue weighted by Crippen LogP contribution is -2.41. The summed E-state index contributed by atoms with van der Waals surface area (Å²) in [5, 5.41) is 1.32. The number of ether oxygens (including phenoxy) is 1. The lowest BCUT2D eigenvalue weighted by Gasteiger charge is -2.16. The molecule has 0 fully saturated rings. The monoisotopic (exact) mass is 377 g/mol. The van der Waals surface area contributed by atoms with E-state index in [2.05, 4.69) is 39.7 Å². The predicted molar refractivity (Wildman–Crippen MR) is 108 cm³/mol. The Hall–Kier alpha value is -3.28. The van der Waals surface area contributed by atoms with Crippen molar-refractivity contribution in [3.63, 3.8) is 0 Å². The molecule has 0 saturated carbocycles. The Balaban J connectivity index is 1.61. The fraction of sp³-hybridized carbons (Fsp3) is 0.273. The number of carbonyl (C=O) groups excluding carboxylic acids is 2. The zero-order chi connectivity index (χ0) is 19.5. The number of benzene rings is 2. The molecular weight excluding hydrogens is 354 g/mol. The Bertz CT molecular complexity index is 1020. The molecule has 0 radical (unpaired) electrons. The maximum Gasteiger partial charge on any atom is 0.426 e. The summed E-state index contributed by atoms with van der Waals surface area (Å²) >= 11 is 0. The van der Waals surface area contributed by atoms with Crippen molar-refractivity contribution in [3.8, 4) is 5.69 Å². The third-order valence-electron chi connectivity index (χ3n) is 5.12. The summed E-state index contributed by atoms with van der Waals surface area (Å²) in [7, 11) is 0. The highest BCUT2D eigenvalue weighted by molar-refractivity contribution is 5.95. The minimum absolute atomic E-state index is 0.242. The summed E-state index contributed by atoms with van der Waals surface area (Å²) in [6.45, 7) is 1.94. The average molecular weight is 377 g/mol. The number of fused-ring (bicyclic) bond motifs is 3. The molecule has 1 aliphatic rings. The second kappa shape index (κ2) is 7.76. The van der Waals surface area contributed by atoms with E-state index in [0.29, 0.717) is 5.56 Å². The fourth-order valence-electron chi connectivity index (χ4n) is 3.90. The van der Waals surface area contributed by atoms with Crippen LogP contribution in [0.3, 0.4) is 0 Å². The van der Waals surface area contributed by atoms with E-state index >= 15 is 0 Å². The molecule has 2 N–H and O–H groups in total. The molecule has 0 atom stereocenters. The van der Waals surface area contributed by atoms with E-state index < -0.39 is 6.09 Å². The van der Waals surface area contributed by atoms with Gasteiger partial charge in [-0.15, -0.1) is 0 Å². The molecule has 3 aromatic rings. The molecule has 2 amide bonds. The van der Waals surface area contributed by atoms with Crippen molar-refractivity contribution in [1.82, 2.24) is 15.4 Å². The number of hydrazine groups is 1. The summed E-state index contributed by atoms with van der Waals surface area (Å²) in [6.07, 6.45) is 3.92. The highest BCUT2D eigenvalue weighted by atomic mass is 16.5. The van der Waals surface area contributed by atoms with Gasteiger partial charge in [0.2, 0.25) is 0 Å². The van der Waals surface area contributed by atoms with Crippen LogP contribution in [0.4, 0.5) is 4.79 Å². The van der Waals surface area contributed by atoms with Crippen LogP contribution >= 0.6 is 0 Å². The van der Waals surface area contributed by atoms with Crippen LogP contribution in [0.15, 0.2) is 48.5 Å². The highest BCUT2D eigenvalue weighted by Crippen LogP contribution is 2.34. The smallest absolute Gasteiger partial charge is 0.426 e. The van der Waals surface area contributed by atoms with Gasteiger partial charge in [0.05, 0.1) is 12.1 Å². The van der Waals surface area contributed by atoms with Crippen molar-refractivity contribution >= 4 is 22.9 Å². The van der Waals surface area contributed by atoms with Crippen molar-refractivity contribution in [3.05, 3.63) is 65.4 Å². The van der Waals surface area contributed by atoms with Crippen LogP contribution in [0.5, 0.6) is 0 Å². The summed E-state index contributed by atoms with van der Waals surface area (Å²) in [5.41, 5.74) is 10.1. The van der Waals surface area contributed by atoms with Gasteiger partial charge in [0.15, 0.2) is 0 Å². The number of nitrogens with one attached hydrogen (secondary N) is 2. The van der Waals surface area contributed by atoms with E-state index in [1.54, 1.807) is 19.1 Å². The molecule has 0 saturated heterocycles. The summed E-state index contributed by atoms with van der Waals surface area (Å²) in [4.78, 5) is 23.5. The molecule has 0 unspecified atom stereocenters. The summed E-state index contributed by atoms with van der Waals surface area (Å²) < 4.78 is 7.03. The predicted octanol–water partition coefficient (Wildman–Crippen LogP) is 3.90. The van der Waals surface area contributed by atoms with Crippen LogP contribution < -0.4 is 10.9 Å². The third kappa shape index (κ3) is 3.33. The third-order valence-corrected chi connectivity index (χ3v) is 5.12. The van der Waals surface area contributed by atoms with Crippen LogP contribution in [-0.4, -0.2) is 23.2 Å². The zero-order valence-electron chi connectivity index (χ0n) is 15.8. The molecule has 144 valence electrons. The van der Waals surface area contributed by atoms with Gasteiger partial charge in [-0.3, -0.25) is 10.2 Å². The minimum Gasteiger partial charge on any atom is -0.449 e. The normalized spacial score (nSPS) is 13.0. The van der Waals surface area contributed by atoms with E-state index in [1.807, 2.05) is 12.1 Å². The Kier molecular flexibility index (Phi) is 5.02. The van der Waals surface area contributed by atoms with E-state index in [-0.39, 0.29) is 12.5 Å². The van der Waals surface area contributed by atoms with Crippen molar-refractivity contribution < 1.29 is 14.3 Å². The quantitative estimate of drug-likeness (QED) is 0.680. The number of rotatable bonds is 3. The standard InChI is InChI=1S/C22H23N3O3/c1-2-28-22(27)24-23-21(26)15-11-13-16(14-12-15)25-19-9-5-3-7-17(19)18-8-4-6-10-20(18)25/h3,5,7,9,11-14H,2,4,6,8,10H2,1H3,(H,23,26)(H,24,27). The highest BCUT2D eigenvalue weighted by Gasteiger charge is 2.20. The van der Waals surface area contributed by atoms with Gasteiger partial charge < -0.3 is 9.30 Å². The molecule has 1 heterocycles. The van der Waals surface area contributed by atoms with E-state index in [9.17, 15) is 9.59 Å². The molecule has 6 heteroatoms. The topological polar surface area (TPSA) is 72.4 Å². The van der Waals surface area contributed by atoms with Gasteiger partial charge in [-0.2, -0.15) is 0 Å². The summed E-state index contributed by atoms with van der Waals surface area (Å²) in [5.74, 6) is -0.390. The van der Waals surface area contributed by atoms with Gasteiger partial charge in [-0.05, 0) is 68.5 Å². The molecule has 0 aliphatic heterocycles. The minimum atomic E-state index is -0.682. The van der Waals surface area contributed by atoms with Crippen LogP contribution in [0, 0.1) is 0 Å². The number of aromatic nitrogens is 1. The average Bonchev–Trinajstić information content (AvgIpc) is 3.07. The first-order valence-electron chi connectivity index (χ1n) is 9.63. The Labute approximate surface area is 163 Å². The fourth-order valence-corrected chi connectivity index (χ4v) is 3.90. The molecule has 2 aromatic carbocycles. The molecule has 0 spiro atoms. The van der Waals surface area contributed by atoms with E-state index in [4.69, 9.17) is 4.74 Å². The number of amides is 2. The van der Waals surface area contributed by atoms with Crippen molar-refractivity contribution in [1.29, 1.82) is 0 Å². The van der Waals surface area contributed by atoms with Crippen LogP contribution in [0.1, 0.15) is 41.4 Å². The van der Waals surface area contributed by atoms with E-state index in [0.717, 1.165) is 18.5 Å². The Morgan fingerprint density at radius 1 is 1.00 bits per heavy atom. The molecule has 6 nitrogen and oxygen atoms in total. The maximum absolute atomic E-state index is 12.2. The summed E-state index contributed by atoms with van der Waals surface area (Å²) in [6, 6.07) is 15.9. The van der Waals surface area contributed by atoms with Gasteiger partial charge in [0, 0.05) is 22.3 Å². The SMILES string of the molecule is CCOC(=O)NNC(=O)c1ccc(-n2c3c(c4ccccc42)CCCC3)cc1. The number of nitrogens with zero attached hydrogens (tertiary/aromatic N) is 1. The van der Waals surface area contributed by atoms with Gasteiger partial charge in [0.1, 0.15) is 0 Å². The number of hydrogen-bond donors (Lipinski definition) is 2. The van der Waals surface area contributed by atoms with Crippen molar-refractivity contribution in [2.75, 3.05) is 6.61 Å². The second-order valence-electron chi connectivity index (χ2n) is 6.83.